The number of carbonyl (C=O) groups excluding carboxylic acids is 1. The molecule has 1 amide bonds. The summed E-state index contributed by atoms with van der Waals surface area (Å²) in [5.41, 5.74) is 1.07. The van der Waals surface area contributed by atoms with Gasteiger partial charge in [0.1, 0.15) is 5.69 Å². The van der Waals surface area contributed by atoms with E-state index in [1.807, 2.05) is 18.2 Å². The Morgan fingerprint density at radius 3 is 2.56 bits per heavy atom. The zero-order valence-electron chi connectivity index (χ0n) is 8.42. The van der Waals surface area contributed by atoms with Crippen LogP contribution in [0.1, 0.15) is 10.5 Å². The van der Waals surface area contributed by atoms with Gasteiger partial charge in [-0.15, -0.1) is 12.6 Å². The summed E-state index contributed by atoms with van der Waals surface area (Å²) in [5.74, 6) is -0.234. The Bertz CT molecular complexity index is 499. The monoisotopic (exact) mass is 230 g/mol. The van der Waals surface area contributed by atoms with Gasteiger partial charge in [0.05, 0.1) is 5.69 Å². The standard InChI is InChI=1S/C12H10N2OS/c15-12(10-6-3-4-8-13-10)14-9-5-1-2-7-11(9)16/h1-8,16H,(H,14,15). The zero-order valence-corrected chi connectivity index (χ0v) is 9.32. The maximum Gasteiger partial charge on any atom is 0.274 e. The summed E-state index contributed by atoms with van der Waals surface area (Å²) in [5, 5.41) is 2.75. The van der Waals surface area contributed by atoms with E-state index >= 15 is 0 Å². The predicted octanol–water partition coefficient (Wildman–Crippen LogP) is 2.62. The number of nitrogens with one attached hydrogen (secondary N) is 1. The average molecular weight is 230 g/mol. The topological polar surface area (TPSA) is 42.0 Å². The highest BCUT2D eigenvalue weighted by molar-refractivity contribution is 7.80. The van der Waals surface area contributed by atoms with Gasteiger partial charge in [0.25, 0.3) is 5.91 Å². The molecule has 3 nitrogen and oxygen atoms in total. The van der Waals surface area contributed by atoms with E-state index in [1.54, 1.807) is 30.5 Å². The first kappa shape index (κ1) is 10.7. The summed E-state index contributed by atoms with van der Waals surface area (Å²) >= 11 is 4.25. The van der Waals surface area contributed by atoms with Gasteiger partial charge >= 0.3 is 0 Å². The third-order valence-corrected chi connectivity index (χ3v) is 2.44. The molecule has 0 aliphatic carbocycles. The second-order valence-electron chi connectivity index (χ2n) is 3.19. The molecule has 0 bridgehead atoms. The molecule has 80 valence electrons. The number of benzene rings is 1. The first-order chi connectivity index (χ1) is 7.77. The van der Waals surface area contributed by atoms with Crippen molar-refractivity contribution in [2.75, 3.05) is 5.32 Å². The molecule has 1 aromatic heterocycles. The third kappa shape index (κ3) is 2.41. The quantitative estimate of drug-likeness (QED) is 0.779. The number of thiol groups is 1. The molecule has 1 N–H and O–H groups in total. The second kappa shape index (κ2) is 4.81. The van der Waals surface area contributed by atoms with Crippen molar-refractivity contribution in [3.63, 3.8) is 0 Å². The van der Waals surface area contributed by atoms with Crippen LogP contribution in [-0.4, -0.2) is 10.9 Å². The Labute approximate surface area is 98.9 Å². The van der Waals surface area contributed by atoms with Crippen LogP contribution in [0.25, 0.3) is 0 Å². The number of anilines is 1. The van der Waals surface area contributed by atoms with Gasteiger partial charge in [-0.3, -0.25) is 9.78 Å². The SMILES string of the molecule is O=C(Nc1ccccc1S)c1ccccn1. The van der Waals surface area contributed by atoms with Crippen molar-refractivity contribution in [1.29, 1.82) is 0 Å². The van der Waals surface area contributed by atoms with E-state index in [4.69, 9.17) is 0 Å². The van der Waals surface area contributed by atoms with Crippen molar-refractivity contribution < 1.29 is 4.79 Å². The molecule has 0 aliphatic heterocycles. The molecule has 4 heteroatoms. The highest BCUT2D eigenvalue weighted by Crippen LogP contribution is 2.18. The van der Waals surface area contributed by atoms with E-state index in [1.165, 1.54) is 0 Å². The summed E-state index contributed by atoms with van der Waals surface area (Å²) in [4.78, 5) is 16.5. The van der Waals surface area contributed by atoms with Crippen LogP contribution in [0.3, 0.4) is 0 Å². The van der Waals surface area contributed by atoms with Crippen LogP contribution in [0.4, 0.5) is 5.69 Å². The number of amides is 1. The lowest BCUT2D eigenvalue weighted by molar-refractivity contribution is 0.102. The Kier molecular flexibility index (Phi) is 3.22. The highest BCUT2D eigenvalue weighted by atomic mass is 32.1. The van der Waals surface area contributed by atoms with E-state index in [0.717, 1.165) is 4.90 Å². The average Bonchev–Trinajstić information content (AvgIpc) is 2.33. The van der Waals surface area contributed by atoms with Gasteiger partial charge in [0, 0.05) is 11.1 Å². The van der Waals surface area contributed by atoms with Gasteiger partial charge in [0.2, 0.25) is 0 Å². The summed E-state index contributed by atoms with van der Waals surface area (Å²) in [7, 11) is 0. The minimum atomic E-state index is -0.234. The largest absolute Gasteiger partial charge is 0.320 e. The van der Waals surface area contributed by atoms with Crippen molar-refractivity contribution in [3.8, 4) is 0 Å². The molecule has 1 heterocycles. The predicted molar refractivity (Wildman–Crippen MR) is 65.9 cm³/mol. The molecule has 0 radical (unpaired) electrons. The van der Waals surface area contributed by atoms with E-state index in [-0.39, 0.29) is 5.91 Å². The molecular weight excluding hydrogens is 220 g/mol. The lowest BCUT2D eigenvalue weighted by atomic mass is 10.3. The van der Waals surface area contributed by atoms with Crippen LogP contribution in [0.2, 0.25) is 0 Å². The van der Waals surface area contributed by atoms with Crippen LogP contribution < -0.4 is 5.32 Å². The minimum absolute atomic E-state index is 0.234. The van der Waals surface area contributed by atoms with Crippen LogP contribution in [0.15, 0.2) is 53.6 Å². The van der Waals surface area contributed by atoms with Crippen LogP contribution in [0, 0.1) is 0 Å². The maximum absolute atomic E-state index is 11.8. The molecular formula is C12H10N2OS. The maximum atomic E-state index is 11.8. The molecule has 1 aromatic carbocycles. The number of rotatable bonds is 2. The molecule has 0 saturated heterocycles. The van der Waals surface area contributed by atoms with Crippen molar-refractivity contribution in [2.45, 2.75) is 4.90 Å². The van der Waals surface area contributed by atoms with Crippen molar-refractivity contribution >= 4 is 24.2 Å². The van der Waals surface area contributed by atoms with Gasteiger partial charge in [-0.05, 0) is 24.3 Å². The highest BCUT2D eigenvalue weighted by Gasteiger charge is 2.07. The van der Waals surface area contributed by atoms with Crippen molar-refractivity contribution in [1.82, 2.24) is 4.98 Å². The number of hydrogen-bond donors (Lipinski definition) is 2. The van der Waals surface area contributed by atoms with Gasteiger partial charge in [-0.1, -0.05) is 18.2 Å². The number of aromatic nitrogens is 1. The first-order valence-corrected chi connectivity index (χ1v) is 5.22. The van der Waals surface area contributed by atoms with E-state index in [0.29, 0.717) is 11.4 Å². The third-order valence-electron chi connectivity index (χ3n) is 2.05. The number of pyridine rings is 1. The molecule has 0 unspecified atom stereocenters. The summed E-state index contributed by atoms with van der Waals surface area (Å²) < 4.78 is 0. The fourth-order valence-electron chi connectivity index (χ4n) is 1.26. The van der Waals surface area contributed by atoms with E-state index in [9.17, 15) is 4.79 Å². The van der Waals surface area contributed by atoms with Gasteiger partial charge in [0.15, 0.2) is 0 Å². The minimum Gasteiger partial charge on any atom is -0.320 e. The normalized spacial score (nSPS) is 9.81. The van der Waals surface area contributed by atoms with Crippen LogP contribution >= 0.6 is 12.6 Å². The molecule has 0 aliphatic rings. The Hall–Kier alpha value is -1.81. The molecule has 2 aromatic rings. The first-order valence-electron chi connectivity index (χ1n) is 4.78. The second-order valence-corrected chi connectivity index (χ2v) is 3.67. The fourth-order valence-corrected chi connectivity index (χ4v) is 1.48. The zero-order chi connectivity index (χ0) is 11.4. The molecule has 0 atom stereocenters. The van der Waals surface area contributed by atoms with Gasteiger partial charge in [-0.25, -0.2) is 0 Å². The summed E-state index contributed by atoms with van der Waals surface area (Å²) in [6, 6.07) is 12.5. The Morgan fingerprint density at radius 1 is 1.12 bits per heavy atom. The van der Waals surface area contributed by atoms with Gasteiger partial charge < -0.3 is 5.32 Å². The molecule has 16 heavy (non-hydrogen) atoms. The van der Waals surface area contributed by atoms with Gasteiger partial charge in [-0.2, -0.15) is 0 Å². The molecule has 2 rings (SSSR count). The van der Waals surface area contributed by atoms with Crippen molar-refractivity contribution in [3.05, 3.63) is 54.4 Å². The Morgan fingerprint density at radius 2 is 1.88 bits per heavy atom. The summed E-state index contributed by atoms with van der Waals surface area (Å²) in [6.07, 6.45) is 1.58. The van der Waals surface area contributed by atoms with E-state index < -0.39 is 0 Å². The molecule has 0 spiro atoms. The number of carbonyl (C=O) groups is 1. The molecule has 0 saturated carbocycles. The fraction of sp³-hybridized carbons (Fsp3) is 0. The van der Waals surface area contributed by atoms with Crippen molar-refractivity contribution in [2.24, 2.45) is 0 Å². The lowest BCUT2D eigenvalue weighted by Gasteiger charge is -2.06. The summed E-state index contributed by atoms with van der Waals surface area (Å²) in [6.45, 7) is 0. The molecule has 0 fully saturated rings. The lowest BCUT2D eigenvalue weighted by Crippen LogP contribution is -2.13. The number of nitrogens with zero attached hydrogens (tertiary/aromatic N) is 1. The number of para-hydroxylation sites is 1. The van der Waals surface area contributed by atoms with Crippen LogP contribution in [-0.2, 0) is 0 Å². The van der Waals surface area contributed by atoms with Crippen LogP contribution in [0.5, 0.6) is 0 Å². The smallest absolute Gasteiger partial charge is 0.274 e. The Balaban J connectivity index is 2.18. The van der Waals surface area contributed by atoms with E-state index in [2.05, 4.69) is 22.9 Å². The number of hydrogen-bond acceptors (Lipinski definition) is 3.